The lowest BCUT2D eigenvalue weighted by Gasteiger charge is -2.21. The zero-order chi connectivity index (χ0) is 15.7. The Morgan fingerprint density at radius 2 is 2.14 bits per heavy atom. The van der Waals surface area contributed by atoms with Crippen molar-refractivity contribution in [2.24, 2.45) is 0 Å². The summed E-state index contributed by atoms with van der Waals surface area (Å²) < 4.78 is 11.0. The molecule has 22 heavy (non-hydrogen) atoms. The molecule has 1 aliphatic rings. The maximum Gasteiger partial charge on any atom is 0.288 e. The van der Waals surface area contributed by atoms with Crippen molar-refractivity contribution in [3.63, 3.8) is 0 Å². The molecule has 0 atom stereocenters. The molecule has 1 saturated carbocycles. The molecule has 3 rings (SSSR count). The number of carbonyl (C=O) groups excluding carboxylic acids is 1. The Kier molecular flexibility index (Phi) is 3.53. The van der Waals surface area contributed by atoms with Crippen LogP contribution in [0.25, 0.3) is 11.0 Å². The molecule has 1 aromatic carbocycles. The van der Waals surface area contributed by atoms with Gasteiger partial charge in [0.25, 0.3) is 5.91 Å². The van der Waals surface area contributed by atoms with Gasteiger partial charge in [-0.1, -0.05) is 12.1 Å². The normalized spacial score (nSPS) is 16.4. The van der Waals surface area contributed by atoms with Crippen molar-refractivity contribution < 1.29 is 13.9 Å². The van der Waals surface area contributed by atoms with Gasteiger partial charge in [0.05, 0.1) is 13.2 Å². The lowest BCUT2D eigenvalue weighted by Crippen LogP contribution is -2.45. The minimum atomic E-state index is -0.757. The summed E-state index contributed by atoms with van der Waals surface area (Å²) >= 11 is 0. The van der Waals surface area contributed by atoms with Gasteiger partial charge in [0.15, 0.2) is 17.1 Å². The number of fused-ring (bicyclic) bond motifs is 1. The molecule has 0 unspecified atom stereocenters. The predicted molar refractivity (Wildman–Crippen MR) is 81.8 cm³/mol. The van der Waals surface area contributed by atoms with Gasteiger partial charge in [0.2, 0.25) is 0 Å². The Hall–Kier alpha value is -2.48. The SMILES string of the molecule is COc1cccc2c(C)c(C(=O)NC3(C#N)CCCC3)oc12. The van der Waals surface area contributed by atoms with Gasteiger partial charge in [-0.15, -0.1) is 0 Å². The zero-order valence-electron chi connectivity index (χ0n) is 12.7. The minimum Gasteiger partial charge on any atom is -0.493 e. The number of nitrogens with zero attached hydrogens (tertiary/aromatic N) is 1. The van der Waals surface area contributed by atoms with E-state index in [1.807, 2.05) is 19.1 Å². The van der Waals surface area contributed by atoms with E-state index in [4.69, 9.17) is 9.15 Å². The molecule has 0 aliphatic heterocycles. The van der Waals surface area contributed by atoms with Gasteiger partial charge in [0.1, 0.15) is 5.54 Å². The van der Waals surface area contributed by atoms with Crippen molar-refractivity contribution in [1.82, 2.24) is 5.32 Å². The largest absolute Gasteiger partial charge is 0.493 e. The standard InChI is InChI=1S/C17H18N2O3/c1-11-12-6-5-7-13(21-2)15(12)22-14(11)16(20)19-17(10-18)8-3-4-9-17/h5-7H,3-4,8-9H2,1-2H3,(H,19,20). The number of nitrogens with one attached hydrogen (secondary N) is 1. The van der Waals surface area contributed by atoms with Gasteiger partial charge in [-0.25, -0.2) is 0 Å². The number of nitriles is 1. The van der Waals surface area contributed by atoms with Crippen LogP contribution in [0.1, 0.15) is 41.8 Å². The summed E-state index contributed by atoms with van der Waals surface area (Å²) in [5, 5.41) is 13.1. The second kappa shape index (κ2) is 5.38. The van der Waals surface area contributed by atoms with Gasteiger partial charge in [0, 0.05) is 10.9 Å². The number of furan rings is 1. The van der Waals surface area contributed by atoms with E-state index < -0.39 is 5.54 Å². The topological polar surface area (TPSA) is 75.3 Å². The van der Waals surface area contributed by atoms with Crippen LogP contribution in [0.3, 0.4) is 0 Å². The fourth-order valence-electron chi connectivity index (χ4n) is 3.11. The van der Waals surface area contributed by atoms with E-state index in [2.05, 4.69) is 11.4 Å². The minimum absolute atomic E-state index is 0.251. The highest BCUT2D eigenvalue weighted by molar-refractivity contribution is 6.00. The third-order valence-electron chi connectivity index (χ3n) is 4.38. The molecule has 0 bridgehead atoms. The Labute approximate surface area is 128 Å². The fraction of sp³-hybridized carbons (Fsp3) is 0.412. The van der Waals surface area contributed by atoms with E-state index in [0.29, 0.717) is 24.2 Å². The van der Waals surface area contributed by atoms with Crippen molar-refractivity contribution in [2.45, 2.75) is 38.1 Å². The van der Waals surface area contributed by atoms with Crippen molar-refractivity contribution in [3.8, 4) is 11.8 Å². The summed E-state index contributed by atoms with van der Waals surface area (Å²) in [6.45, 7) is 1.84. The van der Waals surface area contributed by atoms with E-state index in [1.54, 1.807) is 13.2 Å². The van der Waals surface area contributed by atoms with Gasteiger partial charge in [-0.05, 0) is 38.7 Å². The van der Waals surface area contributed by atoms with Gasteiger partial charge in [-0.2, -0.15) is 5.26 Å². The smallest absolute Gasteiger partial charge is 0.288 e. The first-order valence-electron chi connectivity index (χ1n) is 7.40. The molecule has 0 spiro atoms. The molecule has 1 aromatic heterocycles. The predicted octanol–water partition coefficient (Wildman–Crippen LogP) is 3.32. The van der Waals surface area contributed by atoms with E-state index in [0.717, 1.165) is 23.8 Å². The van der Waals surface area contributed by atoms with Gasteiger partial charge in [-0.3, -0.25) is 4.79 Å². The number of benzene rings is 1. The second-order valence-corrected chi connectivity index (χ2v) is 5.75. The number of methoxy groups -OCH3 is 1. The van der Waals surface area contributed by atoms with Crippen molar-refractivity contribution >= 4 is 16.9 Å². The molecular weight excluding hydrogens is 280 g/mol. The highest BCUT2D eigenvalue weighted by Crippen LogP contribution is 2.33. The second-order valence-electron chi connectivity index (χ2n) is 5.75. The number of aryl methyl sites for hydroxylation is 1. The summed E-state index contributed by atoms with van der Waals surface area (Å²) in [5.41, 5.74) is 0.564. The third-order valence-corrected chi connectivity index (χ3v) is 4.38. The molecule has 5 nitrogen and oxygen atoms in total. The first kappa shape index (κ1) is 14.5. The molecule has 2 aromatic rings. The van der Waals surface area contributed by atoms with E-state index in [-0.39, 0.29) is 11.7 Å². The third kappa shape index (κ3) is 2.21. The Balaban J connectivity index is 1.98. The van der Waals surface area contributed by atoms with Crippen LogP contribution in [-0.4, -0.2) is 18.6 Å². The summed E-state index contributed by atoms with van der Waals surface area (Å²) in [4.78, 5) is 12.6. The number of hydrogen-bond acceptors (Lipinski definition) is 4. The first-order chi connectivity index (χ1) is 10.6. The van der Waals surface area contributed by atoms with Crippen LogP contribution in [0, 0.1) is 18.3 Å². The van der Waals surface area contributed by atoms with Crippen LogP contribution >= 0.6 is 0 Å². The molecule has 1 N–H and O–H groups in total. The maximum atomic E-state index is 12.6. The van der Waals surface area contributed by atoms with E-state index in [1.165, 1.54) is 0 Å². The van der Waals surface area contributed by atoms with Gasteiger partial charge < -0.3 is 14.5 Å². The highest BCUT2D eigenvalue weighted by atomic mass is 16.5. The molecule has 0 radical (unpaired) electrons. The van der Waals surface area contributed by atoms with Crippen LogP contribution in [0.2, 0.25) is 0 Å². The number of hydrogen-bond donors (Lipinski definition) is 1. The van der Waals surface area contributed by atoms with E-state index in [9.17, 15) is 10.1 Å². The number of ether oxygens (including phenoxy) is 1. The molecule has 0 saturated heterocycles. The zero-order valence-corrected chi connectivity index (χ0v) is 12.7. The molecular formula is C17H18N2O3. The van der Waals surface area contributed by atoms with Crippen molar-refractivity contribution in [2.75, 3.05) is 7.11 Å². The van der Waals surface area contributed by atoms with Crippen LogP contribution < -0.4 is 10.1 Å². The summed E-state index contributed by atoms with van der Waals surface area (Å²) in [5.74, 6) is 0.510. The molecule has 1 fully saturated rings. The van der Waals surface area contributed by atoms with Crippen molar-refractivity contribution in [3.05, 3.63) is 29.5 Å². The summed E-state index contributed by atoms with van der Waals surface area (Å²) in [6, 6.07) is 7.80. The molecule has 1 heterocycles. The number of rotatable bonds is 3. The Morgan fingerprint density at radius 1 is 1.41 bits per heavy atom. The van der Waals surface area contributed by atoms with Crippen LogP contribution in [0.15, 0.2) is 22.6 Å². The maximum absolute atomic E-state index is 12.6. The molecule has 5 heteroatoms. The quantitative estimate of drug-likeness (QED) is 0.943. The average molecular weight is 298 g/mol. The molecule has 1 aliphatic carbocycles. The van der Waals surface area contributed by atoms with E-state index >= 15 is 0 Å². The monoisotopic (exact) mass is 298 g/mol. The van der Waals surface area contributed by atoms with Crippen LogP contribution in [0.5, 0.6) is 5.75 Å². The van der Waals surface area contributed by atoms with Gasteiger partial charge >= 0.3 is 0 Å². The first-order valence-corrected chi connectivity index (χ1v) is 7.40. The lowest BCUT2D eigenvalue weighted by molar-refractivity contribution is 0.0893. The Bertz CT molecular complexity index is 764. The Morgan fingerprint density at radius 3 is 2.77 bits per heavy atom. The molecule has 1 amide bonds. The van der Waals surface area contributed by atoms with Crippen LogP contribution in [-0.2, 0) is 0 Å². The average Bonchev–Trinajstić information content (AvgIpc) is 3.13. The van der Waals surface area contributed by atoms with Crippen molar-refractivity contribution in [1.29, 1.82) is 5.26 Å². The molecule has 114 valence electrons. The summed E-state index contributed by atoms with van der Waals surface area (Å²) in [6.07, 6.45) is 3.30. The fourth-order valence-corrected chi connectivity index (χ4v) is 3.11. The number of para-hydroxylation sites is 1. The van der Waals surface area contributed by atoms with Crippen LogP contribution in [0.4, 0.5) is 0 Å². The number of amides is 1. The number of carbonyl (C=O) groups is 1. The summed E-state index contributed by atoms with van der Waals surface area (Å²) in [7, 11) is 1.57. The highest BCUT2D eigenvalue weighted by Gasteiger charge is 2.36. The lowest BCUT2D eigenvalue weighted by atomic mass is 9.99.